The molecule has 0 aliphatic heterocycles. The van der Waals surface area contributed by atoms with Crippen LogP contribution in [0, 0.1) is 20.8 Å². The zero-order valence-corrected chi connectivity index (χ0v) is 24.7. The Labute approximate surface area is 233 Å². The van der Waals surface area contributed by atoms with Crippen molar-refractivity contribution in [2.75, 3.05) is 25.5 Å². The number of hydrogen-bond acceptors (Lipinski definition) is 5. The predicted octanol–water partition coefficient (Wildman–Crippen LogP) is 5.55. The molecule has 1 fully saturated rings. The molecule has 210 valence electrons. The summed E-state index contributed by atoms with van der Waals surface area (Å²) in [6.07, 6.45) is 10.2. The number of nitrogens with zero attached hydrogens (tertiary/aromatic N) is 3. The number of aliphatic imine (C=N–C) groups is 1. The second-order valence-electron chi connectivity index (χ2n) is 10.7. The number of benzene rings is 1. The van der Waals surface area contributed by atoms with Gasteiger partial charge in [-0.3, -0.25) is 14.6 Å². The van der Waals surface area contributed by atoms with Gasteiger partial charge >= 0.3 is 0 Å². The summed E-state index contributed by atoms with van der Waals surface area (Å²) < 4.78 is 0. The summed E-state index contributed by atoms with van der Waals surface area (Å²) in [6, 6.07) is 7.11. The van der Waals surface area contributed by atoms with Crippen LogP contribution in [0.25, 0.3) is 5.57 Å². The molecular formula is C32H45N5O2. The topological polar surface area (TPSA) is 80.8 Å². The molecule has 0 unspecified atom stereocenters. The number of anilines is 1. The molecule has 1 aliphatic rings. The zero-order valence-electron chi connectivity index (χ0n) is 24.7. The molecule has 39 heavy (non-hydrogen) atoms. The van der Waals surface area contributed by atoms with E-state index < -0.39 is 0 Å². The molecule has 0 bridgehead atoms. The number of aryl methyl sites for hydroxylation is 2. The maximum atomic E-state index is 13.6. The van der Waals surface area contributed by atoms with Gasteiger partial charge in [0.2, 0.25) is 0 Å². The van der Waals surface area contributed by atoms with Crippen molar-refractivity contribution in [2.24, 2.45) is 4.99 Å². The number of hydrogen-bond donors (Lipinski definition) is 2. The van der Waals surface area contributed by atoms with Crippen LogP contribution >= 0.6 is 0 Å². The van der Waals surface area contributed by atoms with Gasteiger partial charge in [-0.2, -0.15) is 0 Å². The van der Waals surface area contributed by atoms with E-state index in [4.69, 9.17) is 0 Å². The van der Waals surface area contributed by atoms with E-state index in [0.29, 0.717) is 23.2 Å². The van der Waals surface area contributed by atoms with Gasteiger partial charge in [0.1, 0.15) is 0 Å². The van der Waals surface area contributed by atoms with Crippen molar-refractivity contribution in [2.45, 2.75) is 78.9 Å². The number of amides is 1. The highest BCUT2D eigenvalue weighted by Gasteiger charge is 2.28. The lowest BCUT2D eigenvalue weighted by molar-refractivity contribution is 0.0950. The van der Waals surface area contributed by atoms with E-state index in [9.17, 15) is 9.59 Å². The second-order valence-corrected chi connectivity index (χ2v) is 10.7. The second kappa shape index (κ2) is 13.6. The first kappa shape index (κ1) is 30.1. The van der Waals surface area contributed by atoms with E-state index >= 15 is 0 Å². The Hall–Kier alpha value is -3.45. The molecule has 0 saturated heterocycles. The number of aromatic amines is 1. The highest BCUT2D eigenvalue weighted by Crippen LogP contribution is 2.34. The van der Waals surface area contributed by atoms with Crippen LogP contribution < -0.4 is 15.8 Å². The minimum atomic E-state index is -0.191. The number of aromatic nitrogens is 1. The number of rotatable bonds is 10. The number of carbonyl (C=O) groups excluding carboxylic acids is 1. The first-order valence-electron chi connectivity index (χ1n) is 14.0. The van der Waals surface area contributed by atoms with Gasteiger partial charge in [0, 0.05) is 53.9 Å². The third kappa shape index (κ3) is 7.15. The third-order valence-corrected chi connectivity index (χ3v) is 8.04. The normalized spacial score (nSPS) is 18.0. The van der Waals surface area contributed by atoms with Crippen LogP contribution in [0.3, 0.4) is 0 Å². The molecular weight excluding hydrogens is 486 g/mol. The fourth-order valence-electron chi connectivity index (χ4n) is 5.77. The largest absolute Gasteiger partial charge is 0.369 e. The van der Waals surface area contributed by atoms with E-state index in [1.807, 2.05) is 52.0 Å². The number of pyridine rings is 1. The fourth-order valence-corrected chi connectivity index (χ4v) is 5.77. The van der Waals surface area contributed by atoms with Gasteiger partial charge in [-0.25, -0.2) is 0 Å². The molecule has 7 nitrogen and oxygen atoms in total. The predicted molar refractivity (Wildman–Crippen MR) is 164 cm³/mol. The molecule has 7 heteroatoms. The number of H-pyrrole nitrogens is 1. The minimum Gasteiger partial charge on any atom is -0.369 e. The summed E-state index contributed by atoms with van der Waals surface area (Å²) in [5, 5.41) is 3.02. The first-order chi connectivity index (χ1) is 18.6. The summed E-state index contributed by atoms with van der Waals surface area (Å²) >= 11 is 0. The van der Waals surface area contributed by atoms with E-state index in [0.717, 1.165) is 53.0 Å². The number of allylic oxidation sites excluding steroid dienone is 3. The van der Waals surface area contributed by atoms with Crippen molar-refractivity contribution in [3.05, 3.63) is 80.4 Å². The van der Waals surface area contributed by atoms with Gasteiger partial charge in [-0.1, -0.05) is 6.08 Å². The van der Waals surface area contributed by atoms with E-state index in [1.54, 1.807) is 6.20 Å². The van der Waals surface area contributed by atoms with Crippen LogP contribution in [-0.4, -0.2) is 55.2 Å². The summed E-state index contributed by atoms with van der Waals surface area (Å²) in [5.74, 6) is -0.191. The number of carbonyl (C=O) groups is 1. The summed E-state index contributed by atoms with van der Waals surface area (Å²) in [6.45, 7) is 14.5. The van der Waals surface area contributed by atoms with Crippen molar-refractivity contribution < 1.29 is 4.79 Å². The Bertz CT molecular complexity index is 1300. The smallest absolute Gasteiger partial charge is 0.253 e. The third-order valence-electron chi connectivity index (χ3n) is 8.04. The first-order valence-corrected chi connectivity index (χ1v) is 14.0. The Balaban J connectivity index is 2.01. The summed E-state index contributed by atoms with van der Waals surface area (Å²) in [5.41, 5.74) is 6.65. The lowest BCUT2D eigenvalue weighted by Gasteiger charge is -2.40. The monoisotopic (exact) mass is 531 g/mol. The molecule has 1 amide bonds. The van der Waals surface area contributed by atoms with E-state index in [2.05, 4.69) is 58.9 Å². The SMILES string of the molecule is C=N/C=C\C(=C/C)c1cc(C(=O)NCc2c(C)cc(C)[nH]c2=O)c(C)c(N(CC)C2CCC(N(C)C)CC2)c1. The van der Waals surface area contributed by atoms with Gasteiger partial charge in [-0.05, 0) is 128 Å². The van der Waals surface area contributed by atoms with Crippen molar-refractivity contribution in [1.29, 1.82) is 0 Å². The lowest BCUT2D eigenvalue weighted by Crippen LogP contribution is -2.42. The zero-order chi connectivity index (χ0) is 28.7. The van der Waals surface area contributed by atoms with Crippen LogP contribution in [-0.2, 0) is 6.54 Å². The van der Waals surface area contributed by atoms with E-state index in [1.165, 1.54) is 12.8 Å². The van der Waals surface area contributed by atoms with Crippen molar-refractivity contribution in [3.8, 4) is 0 Å². The summed E-state index contributed by atoms with van der Waals surface area (Å²) in [7, 11) is 4.33. The van der Waals surface area contributed by atoms with Crippen LogP contribution in [0.2, 0.25) is 0 Å². The van der Waals surface area contributed by atoms with Crippen LogP contribution in [0.15, 0.2) is 46.3 Å². The standard InChI is InChI=1S/C32H45N5O2/c1-9-24(15-16-33-6)25-18-28(31(38)34-20-29-21(3)17-22(4)35-32(29)39)23(5)30(19-25)37(10-2)27-13-11-26(12-14-27)36(7)8/h9,15-19,26-27H,6,10-14,20H2,1-5,7-8H3,(H,34,38)(H,35,39)/b16-15-,24-9+. The average Bonchev–Trinajstić information content (AvgIpc) is 2.90. The summed E-state index contributed by atoms with van der Waals surface area (Å²) in [4.78, 5) is 37.7. The van der Waals surface area contributed by atoms with Gasteiger partial charge < -0.3 is 20.1 Å². The lowest BCUT2D eigenvalue weighted by atomic mass is 9.88. The van der Waals surface area contributed by atoms with Gasteiger partial charge in [0.25, 0.3) is 11.5 Å². The molecule has 2 aromatic rings. The minimum absolute atomic E-state index is 0.164. The molecule has 1 aliphatic carbocycles. The van der Waals surface area contributed by atoms with Crippen LogP contribution in [0.1, 0.15) is 77.8 Å². The highest BCUT2D eigenvalue weighted by atomic mass is 16.1. The Morgan fingerprint density at radius 2 is 1.79 bits per heavy atom. The average molecular weight is 532 g/mol. The molecule has 1 saturated carbocycles. The Kier molecular flexibility index (Phi) is 10.5. The van der Waals surface area contributed by atoms with Crippen LogP contribution in [0.4, 0.5) is 5.69 Å². The molecule has 2 N–H and O–H groups in total. The molecule has 3 rings (SSSR count). The quantitative estimate of drug-likeness (QED) is 0.311. The Morgan fingerprint density at radius 1 is 1.13 bits per heavy atom. The Morgan fingerprint density at radius 3 is 2.36 bits per heavy atom. The van der Waals surface area contributed by atoms with E-state index in [-0.39, 0.29) is 18.0 Å². The number of nitrogens with one attached hydrogen (secondary N) is 2. The van der Waals surface area contributed by atoms with Gasteiger partial charge in [-0.15, -0.1) is 0 Å². The molecule has 1 aromatic carbocycles. The fraction of sp³-hybridized carbons (Fsp3) is 0.469. The molecule has 0 spiro atoms. The molecule has 1 heterocycles. The highest BCUT2D eigenvalue weighted by molar-refractivity contribution is 5.98. The van der Waals surface area contributed by atoms with Crippen molar-refractivity contribution >= 4 is 23.9 Å². The van der Waals surface area contributed by atoms with Gasteiger partial charge in [0.05, 0.1) is 0 Å². The molecule has 0 atom stereocenters. The maximum absolute atomic E-state index is 13.6. The van der Waals surface area contributed by atoms with Crippen LogP contribution in [0.5, 0.6) is 0 Å². The molecule has 1 aromatic heterocycles. The van der Waals surface area contributed by atoms with Gasteiger partial charge in [0.15, 0.2) is 0 Å². The maximum Gasteiger partial charge on any atom is 0.253 e. The van der Waals surface area contributed by atoms with Crippen molar-refractivity contribution in [3.63, 3.8) is 0 Å². The molecule has 0 radical (unpaired) electrons. The van der Waals surface area contributed by atoms with Crippen molar-refractivity contribution in [1.82, 2.24) is 15.2 Å².